The van der Waals surface area contributed by atoms with Crippen molar-refractivity contribution in [3.63, 3.8) is 0 Å². The number of piperidine rings is 1. The summed E-state index contributed by atoms with van der Waals surface area (Å²) in [6.07, 6.45) is 2.69. The second-order valence-corrected chi connectivity index (χ2v) is 5.49. The van der Waals surface area contributed by atoms with Crippen LogP contribution < -0.4 is 5.73 Å². The lowest BCUT2D eigenvalue weighted by molar-refractivity contribution is -0.132. The van der Waals surface area contributed by atoms with Crippen molar-refractivity contribution < 1.29 is 9.21 Å². The molecule has 1 aromatic rings. The van der Waals surface area contributed by atoms with Gasteiger partial charge in [-0.2, -0.15) is 0 Å². The Bertz CT molecular complexity index is 405. The molecule has 2 N–H and O–H groups in total. The van der Waals surface area contributed by atoms with Gasteiger partial charge in [-0.15, -0.1) is 0 Å². The van der Waals surface area contributed by atoms with Gasteiger partial charge in [-0.3, -0.25) is 9.69 Å². The van der Waals surface area contributed by atoms with Crippen LogP contribution in [0.4, 0.5) is 0 Å². The number of carbonyl (C=O) groups is 1. The number of likely N-dealkylation sites (tertiary alicyclic amines) is 1. The minimum atomic E-state index is 0.109. The first kappa shape index (κ1) is 14.1. The van der Waals surface area contributed by atoms with Crippen LogP contribution in [0.5, 0.6) is 0 Å². The lowest BCUT2D eigenvalue weighted by atomic mass is 9.94. The highest BCUT2D eigenvalue weighted by Crippen LogP contribution is 2.15. The fourth-order valence-corrected chi connectivity index (χ4v) is 2.35. The zero-order valence-corrected chi connectivity index (χ0v) is 11.7. The van der Waals surface area contributed by atoms with E-state index in [4.69, 9.17) is 10.2 Å². The first-order valence-electron chi connectivity index (χ1n) is 6.80. The molecule has 1 aliphatic heterocycles. The Balaban J connectivity index is 1.80. The van der Waals surface area contributed by atoms with Crippen LogP contribution in [-0.2, 0) is 11.3 Å². The van der Waals surface area contributed by atoms with Gasteiger partial charge in [-0.05, 0) is 31.0 Å². The highest BCUT2D eigenvalue weighted by molar-refractivity contribution is 5.77. The summed E-state index contributed by atoms with van der Waals surface area (Å²) in [6, 6.07) is 3.89. The van der Waals surface area contributed by atoms with Crippen molar-refractivity contribution in [3.05, 3.63) is 24.2 Å². The van der Waals surface area contributed by atoms with Crippen LogP contribution in [0.2, 0.25) is 0 Å². The van der Waals surface area contributed by atoms with Crippen LogP contribution >= 0.6 is 0 Å². The molecule has 2 rings (SSSR count). The zero-order chi connectivity index (χ0) is 13.8. The second kappa shape index (κ2) is 6.21. The van der Waals surface area contributed by atoms with Gasteiger partial charge in [-0.25, -0.2) is 0 Å². The molecule has 1 aromatic heterocycles. The largest absolute Gasteiger partial charge is 0.467 e. The number of hydrogen-bond donors (Lipinski definition) is 1. The summed E-state index contributed by atoms with van der Waals surface area (Å²) in [7, 11) is 1.80. The average Bonchev–Trinajstić information content (AvgIpc) is 2.86. The SMILES string of the molecule is CC1CCN(CC(=O)N(C)Cc2ccco2)CC1N. The predicted molar refractivity (Wildman–Crippen MR) is 73.4 cm³/mol. The number of nitrogens with two attached hydrogens (primary N) is 1. The van der Waals surface area contributed by atoms with Gasteiger partial charge in [0, 0.05) is 19.6 Å². The van der Waals surface area contributed by atoms with Crippen LogP contribution in [0.25, 0.3) is 0 Å². The summed E-state index contributed by atoms with van der Waals surface area (Å²) < 4.78 is 5.25. The van der Waals surface area contributed by atoms with E-state index in [0.717, 1.165) is 25.3 Å². The van der Waals surface area contributed by atoms with E-state index < -0.39 is 0 Å². The maximum Gasteiger partial charge on any atom is 0.236 e. The summed E-state index contributed by atoms with van der Waals surface area (Å²) in [5, 5.41) is 0. The molecule has 2 unspecified atom stereocenters. The third kappa shape index (κ3) is 3.81. The lowest BCUT2D eigenvalue weighted by Gasteiger charge is -2.35. The van der Waals surface area contributed by atoms with Gasteiger partial charge in [0.1, 0.15) is 5.76 Å². The molecule has 19 heavy (non-hydrogen) atoms. The van der Waals surface area contributed by atoms with Gasteiger partial charge in [0.15, 0.2) is 0 Å². The average molecular weight is 265 g/mol. The molecule has 1 saturated heterocycles. The molecule has 0 spiro atoms. The van der Waals surface area contributed by atoms with Gasteiger partial charge in [-0.1, -0.05) is 6.92 Å². The molecule has 1 fully saturated rings. The molecular formula is C14H23N3O2. The summed E-state index contributed by atoms with van der Waals surface area (Å²) in [4.78, 5) is 16.0. The molecule has 5 nitrogen and oxygen atoms in total. The van der Waals surface area contributed by atoms with Gasteiger partial charge in [0.05, 0.1) is 19.4 Å². The summed E-state index contributed by atoms with van der Waals surface area (Å²) in [5.74, 6) is 1.46. The normalized spacial score (nSPS) is 24.4. The first-order chi connectivity index (χ1) is 9.06. The molecule has 1 aliphatic rings. The Kier molecular flexibility index (Phi) is 4.61. The number of rotatable bonds is 4. The Morgan fingerprint density at radius 2 is 2.42 bits per heavy atom. The van der Waals surface area contributed by atoms with Gasteiger partial charge >= 0.3 is 0 Å². The molecule has 1 amide bonds. The maximum atomic E-state index is 12.1. The fraction of sp³-hybridized carbons (Fsp3) is 0.643. The van der Waals surface area contributed by atoms with E-state index in [0.29, 0.717) is 19.0 Å². The highest BCUT2D eigenvalue weighted by atomic mass is 16.3. The Morgan fingerprint density at radius 1 is 1.63 bits per heavy atom. The van der Waals surface area contributed by atoms with E-state index in [1.165, 1.54) is 0 Å². The summed E-state index contributed by atoms with van der Waals surface area (Å²) >= 11 is 0. The Hall–Kier alpha value is -1.33. The van der Waals surface area contributed by atoms with Crippen LogP contribution in [0.15, 0.2) is 22.8 Å². The van der Waals surface area contributed by atoms with Crippen LogP contribution in [0.3, 0.4) is 0 Å². The number of carbonyl (C=O) groups excluding carboxylic acids is 1. The van der Waals surface area contributed by atoms with Crippen molar-refractivity contribution >= 4 is 5.91 Å². The van der Waals surface area contributed by atoms with Crippen molar-refractivity contribution in [1.82, 2.24) is 9.80 Å². The highest BCUT2D eigenvalue weighted by Gasteiger charge is 2.25. The molecule has 106 valence electrons. The monoisotopic (exact) mass is 265 g/mol. The van der Waals surface area contributed by atoms with Crippen LogP contribution in [0.1, 0.15) is 19.1 Å². The Morgan fingerprint density at radius 3 is 3.05 bits per heavy atom. The van der Waals surface area contributed by atoms with Gasteiger partial charge in [0.2, 0.25) is 5.91 Å². The first-order valence-corrected chi connectivity index (χ1v) is 6.80. The molecular weight excluding hydrogens is 242 g/mol. The number of likely N-dealkylation sites (N-methyl/N-ethyl adjacent to an activating group) is 1. The molecule has 2 heterocycles. The molecule has 0 radical (unpaired) electrons. The van der Waals surface area contributed by atoms with Gasteiger partial charge < -0.3 is 15.1 Å². The van der Waals surface area contributed by atoms with Crippen molar-refractivity contribution in [2.75, 3.05) is 26.7 Å². The number of hydrogen-bond acceptors (Lipinski definition) is 4. The van der Waals surface area contributed by atoms with Gasteiger partial charge in [0.25, 0.3) is 0 Å². The van der Waals surface area contributed by atoms with Crippen molar-refractivity contribution in [1.29, 1.82) is 0 Å². The molecule has 0 aliphatic carbocycles. The minimum Gasteiger partial charge on any atom is -0.467 e. The van der Waals surface area contributed by atoms with Crippen molar-refractivity contribution in [3.8, 4) is 0 Å². The standard InChI is InChI=1S/C14H23N3O2/c1-11-5-6-17(9-13(11)15)10-14(18)16(2)8-12-4-3-7-19-12/h3-4,7,11,13H,5-6,8-10,15H2,1-2H3. The number of amides is 1. The van der Waals surface area contributed by atoms with E-state index in [1.807, 2.05) is 12.1 Å². The third-order valence-corrected chi connectivity index (χ3v) is 3.86. The van der Waals surface area contributed by atoms with E-state index >= 15 is 0 Å². The number of nitrogens with zero attached hydrogens (tertiary/aromatic N) is 2. The zero-order valence-electron chi connectivity index (χ0n) is 11.7. The van der Waals surface area contributed by atoms with E-state index in [1.54, 1.807) is 18.2 Å². The minimum absolute atomic E-state index is 0.109. The molecule has 5 heteroatoms. The molecule has 2 atom stereocenters. The summed E-state index contributed by atoms with van der Waals surface area (Å²) in [6.45, 7) is 4.89. The van der Waals surface area contributed by atoms with E-state index in [2.05, 4.69) is 11.8 Å². The van der Waals surface area contributed by atoms with Crippen LogP contribution in [0, 0.1) is 5.92 Å². The smallest absolute Gasteiger partial charge is 0.236 e. The predicted octanol–water partition coefficient (Wildman–Crippen LogP) is 0.907. The molecule has 0 aromatic carbocycles. The number of furan rings is 1. The van der Waals surface area contributed by atoms with Crippen LogP contribution in [-0.4, -0.2) is 48.4 Å². The maximum absolute atomic E-state index is 12.1. The van der Waals surface area contributed by atoms with E-state index in [-0.39, 0.29) is 11.9 Å². The topological polar surface area (TPSA) is 62.7 Å². The fourth-order valence-electron chi connectivity index (χ4n) is 2.35. The lowest BCUT2D eigenvalue weighted by Crippen LogP contribution is -2.50. The third-order valence-electron chi connectivity index (χ3n) is 3.86. The van der Waals surface area contributed by atoms with E-state index in [9.17, 15) is 4.79 Å². The Labute approximate surface area is 114 Å². The van der Waals surface area contributed by atoms with Crippen molar-refractivity contribution in [2.24, 2.45) is 11.7 Å². The second-order valence-electron chi connectivity index (χ2n) is 5.49. The summed E-state index contributed by atoms with van der Waals surface area (Å²) in [5.41, 5.74) is 6.05. The quantitative estimate of drug-likeness (QED) is 0.879. The molecule has 0 saturated carbocycles. The molecule has 0 bridgehead atoms. The van der Waals surface area contributed by atoms with Crippen molar-refractivity contribution in [2.45, 2.75) is 25.9 Å².